The van der Waals surface area contributed by atoms with Gasteiger partial charge in [-0.15, -0.1) is 0 Å². The van der Waals surface area contributed by atoms with Gasteiger partial charge in [0, 0.05) is 11.6 Å². The summed E-state index contributed by atoms with van der Waals surface area (Å²) in [6.07, 6.45) is 0. The van der Waals surface area contributed by atoms with E-state index in [0.29, 0.717) is 11.6 Å². The van der Waals surface area contributed by atoms with Gasteiger partial charge >= 0.3 is 5.97 Å². The predicted molar refractivity (Wildman–Crippen MR) is 98.3 cm³/mol. The van der Waals surface area contributed by atoms with Gasteiger partial charge in [-0.1, -0.05) is 67.9 Å². The average molecular weight is 360 g/mol. The SMILES string of the molecule is CC(C)[C@H](C(=O)OCC(=O)NCc1ccccc1)c1ccc(Cl)cc1. The number of amides is 1. The van der Waals surface area contributed by atoms with Crippen LogP contribution < -0.4 is 5.32 Å². The van der Waals surface area contributed by atoms with Crippen LogP contribution in [0.2, 0.25) is 5.02 Å². The lowest BCUT2D eigenvalue weighted by Crippen LogP contribution is -2.30. The van der Waals surface area contributed by atoms with Gasteiger partial charge in [-0.05, 0) is 29.2 Å². The van der Waals surface area contributed by atoms with Crippen molar-refractivity contribution in [3.8, 4) is 0 Å². The fraction of sp³-hybridized carbons (Fsp3) is 0.300. The number of rotatable bonds is 7. The van der Waals surface area contributed by atoms with Crippen LogP contribution in [-0.2, 0) is 20.9 Å². The Bertz CT molecular complexity index is 699. The number of hydrogen-bond donors (Lipinski definition) is 1. The van der Waals surface area contributed by atoms with E-state index < -0.39 is 11.9 Å². The number of ether oxygens (including phenoxy) is 1. The maximum absolute atomic E-state index is 12.4. The molecule has 5 heteroatoms. The molecular weight excluding hydrogens is 338 g/mol. The molecule has 132 valence electrons. The molecule has 2 aromatic carbocycles. The van der Waals surface area contributed by atoms with Crippen molar-refractivity contribution >= 4 is 23.5 Å². The third-order valence-corrected chi connectivity index (χ3v) is 4.08. The zero-order valence-corrected chi connectivity index (χ0v) is 15.1. The van der Waals surface area contributed by atoms with E-state index in [9.17, 15) is 9.59 Å². The second kappa shape index (κ2) is 9.23. The number of esters is 1. The van der Waals surface area contributed by atoms with E-state index in [1.165, 1.54) is 0 Å². The summed E-state index contributed by atoms with van der Waals surface area (Å²) in [5, 5.41) is 3.35. The highest BCUT2D eigenvalue weighted by atomic mass is 35.5. The summed E-state index contributed by atoms with van der Waals surface area (Å²) < 4.78 is 5.22. The van der Waals surface area contributed by atoms with Gasteiger partial charge in [0.05, 0.1) is 5.92 Å². The molecule has 2 rings (SSSR count). The number of carbonyl (C=O) groups is 2. The minimum Gasteiger partial charge on any atom is -0.455 e. The largest absolute Gasteiger partial charge is 0.455 e. The van der Waals surface area contributed by atoms with Crippen molar-refractivity contribution in [1.82, 2.24) is 5.32 Å². The number of nitrogens with one attached hydrogen (secondary N) is 1. The molecular formula is C20H22ClNO3. The van der Waals surface area contributed by atoms with E-state index in [2.05, 4.69) is 5.32 Å². The molecule has 0 heterocycles. The number of carbonyl (C=O) groups excluding carboxylic acids is 2. The van der Waals surface area contributed by atoms with Gasteiger partial charge in [0.2, 0.25) is 0 Å². The van der Waals surface area contributed by atoms with Gasteiger partial charge < -0.3 is 10.1 Å². The summed E-state index contributed by atoms with van der Waals surface area (Å²) in [5.41, 5.74) is 1.82. The highest BCUT2D eigenvalue weighted by Gasteiger charge is 2.26. The van der Waals surface area contributed by atoms with Crippen molar-refractivity contribution in [2.24, 2.45) is 5.92 Å². The summed E-state index contributed by atoms with van der Waals surface area (Å²) >= 11 is 5.89. The van der Waals surface area contributed by atoms with Gasteiger partial charge in [0.25, 0.3) is 5.91 Å². The van der Waals surface area contributed by atoms with Crippen molar-refractivity contribution in [2.75, 3.05) is 6.61 Å². The topological polar surface area (TPSA) is 55.4 Å². The lowest BCUT2D eigenvalue weighted by atomic mass is 9.88. The van der Waals surface area contributed by atoms with Crippen LogP contribution in [0.4, 0.5) is 0 Å². The first-order valence-electron chi connectivity index (χ1n) is 8.20. The van der Waals surface area contributed by atoms with E-state index in [0.717, 1.165) is 11.1 Å². The maximum atomic E-state index is 12.4. The van der Waals surface area contributed by atoms with Crippen molar-refractivity contribution in [3.05, 3.63) is 70.7 Å². The van der Waals surface area contributed by atoms with Gasteiger partial charge in [-0.25, -0.2) is 0 Å². The molecule has 4 nitrogen and oxygen atoms in total. The molecule has 0 radical (unpaired) electrons. The van der Waals surface area contributed by atoms with Gasteiger partial charge in [0.15, 0.2) is 6.61 Å². The molecule has 1 N–H and O–H groups in total. The molecule has 0 aliphatic carbocycles. The third-order valence-electron chi connectivity index (χ3n) is 3.83. The minimum absolute atomic E-state index is 0.0426. The Balaban J connectivity index is 1.88. The lowest BCUT2D eigenvalue weighted by molar-refractivity contribution is -0.151. The average Bonchev–Trinajstić information content (AvgIpc) is 2.60. The summed E-state index contributed by atoms with van der Waals surface area (Å²) in [4.78, 5) is 24.3. The summed E-state index contributed by atoms with van der Waals surface area (Å²) in [7, 11) is 0. The first-order valence-corrected chi connectivity index (χ1v) is 8.58. The van der Waals surface area contributed by atoms with Crippen LogP contribution in [0.3, 0.4) is 0 Å². The molecule has 0 fully saturated rings. The summed E-state index contributed by atoms with van der Waals surface area (Å²) in [5.74, 6) is -1.12. The third kappa shape index (κ3) is 5.91. The second-order valence-electron chi connectivity index (χ2n) is 6.14. The fourth-order valence-electron chi connectivity index (χ4n) is 2.54. The molecule has 1 amide bonds. The van der Waals surface area contributed by atoms with Crippen LogP contribution >= 0.6 is 11.6 Å². The van der Waals surface area contributed by atoms with E-state index in [1.807, 2.05) is 56.3 Å². The standard InChI is InChI=1S/C20H22ClNO3/c1-14(2)19(16-8-10-17(21)11-9-16)20(24)25-13-18(23)22-12-15-6-4-3-5-7-15/h3-11,14,19H,12-13H2,1-2H3,(H,22,23)/t19-/m0/s1. The first-order chi connectivity index (χ1) is 12.0. The van der Waals surface area contributed by atoms with E-state index >= 15 is 0 Å². The first kappa shape index (κ1) is 19.0. The van der Waals surface area contributed by atoms with E-state index in [-0.39, 0.29) is 18.4 Å². The zero-order valence-electron chi connectivity index (χ0n) is 14.4. The number of hydrogen-bond acceptors (Lipinski definition) is 3. The predicted octanol–water partition coefficient (Wildman–Crippen LogP) is 3.94. The highest BCUT2D eigenvalue weighted by molar-refractivity contribution is 6.30. The Kier molecular flexibility index (Phi) is 7.02. The van der Waals surface area contributed by atoms with Crippen LogP contribution in [0.25, 0.3) is 0 Å². The summed E-state index contributed by atoms with van der Waals surface area (Å²) in [6.45, 7) is 4.00. The second-order valence-corrected chi connectivity index (χ2v) is 6.58. The maximum Gasteiger partial charge on any atom is 0.314 e. The van der Waals surface area contributed by atoms with Crippen molar-refractivity contribution in [2.45, 2.75) is 26.3 Å². The van der Waals surface area contributed by atoms with E-state index in [4.69, 9.17) is 16.3 Å². The van der Waals surface area contributed by atoms with Crippen molar-refractivity contribution in [3.63, 3.8) is 0 Å². The molecule has 0 spiro atoms. The molecule has 0 unspecified atom stereocenters. The zero-order chi connectivity index (χ0) is 18.2. The van der Waals surface area contributed by atoms with E-state index in [1.54, 1.807) is 12.1 Å². The molecule has 0 aliphatic heterocycles. The van der Waals surface area contributed by atoms with Crippen LogP contribution in [0.5, 0.6) is 0 Å². The van der Waals surface area contributed by atoms with Gasteiger partial charge in [-0.2, -0.15) is 0 Å². The molecule has 0 aromatic heterocycles. The Morgan fingerprint density at radius 2 is 1.68 bits per heavy atom. The molecule has 25 heavy (non-hydrogen) atoms. The lowest BCUT2D eigenvalue weighted by Gasteiger charge is -2.19. The van der Waals surface area contributed by atoms with Crippen LogP contribution in [0, 0.1) is 5.92 Å². The van der Waals surface area contributed by atoms with Gasteiger partial charge in [-0.3, -0.25) is 9.59 Å². The molecule has 2 aromatic rings. The van der Waals surface area contributed by atoms with Gasteiger partial charge in [0.1, 0.15) is 0 Å². The Hall–Kier alpha value is -2.33. The molecule has 1 atom stereocenters. The van der Waals surface area contributed by atoms with Crippen molar-refractivity contribution < 1.29 is 14.3 Å². The van der Waals surface area contributed by atoms with Crippen LogP contribution in [-0.4, -0.2) is 18.5 Å². The molecule has 0 saturated carbocycles. The Labute approximate surface area is 153 Å². The highest BCUT2D eigenvalue weighted by Crippen LogP contribution is 2.27. The number of halogens is 1. The molecule has 0 saturated heterocycles. The Morgan fingerprint density at radius 1 is 1.04 bits per heavy atom. The van der Waals surface area contributed by atoms with Crippen molar-refractivity contribution in [1.29, 1.82) is 0 Å². The molecule has 0 aliphatic rings. The summed E-state index contributed by atoms with van der Waals surface area (Å²) in [6, 6.07) is 16.7. The monoisotopic (exact) mass is 359 g/mol. The smallest absolute Gasteiger partial charge is 0.314 e. The molecule has 0 bridgehead atoms. The quantitative estimate of drug-likeness (QED) is 0.762. The normalized spacial score (nSPS) is 11.8. The fourth-order valence-corrected chi connectivity index (χ4v) is 2.66. The number of benzene rings is 2. The minimum atomic E-state index is -0.431. The Morgan fingerprint density at radius 3 is 2.28 bits per heavy atom. The van der Waals surface area contributed by atoms with Crippen LogP contribution in [0.1, 0.15) is 30.9 Å². The van der Waals surface area contributed by atoms with Crippen LogP contribution in [0.15, 0.2) is 54.6 Å².